The number of aryl methyl sites for hydroxylation is 1. The van der Waals surface area contributed by atoms with E-state index < -0.39 is 9.84 Å². The molecule has 0 aliphatic rings. The first-order valence-electron chi connectivity index (χ1n) is 10.2. The van der Waals surface area contributed by atoms with Crippen LogP contribution in [0, 0.1) is 6.92 Å². The number of sulfone groups is 1. The molecule has 6 nitrogen and oxygen atoms in total. The Morgan fingerprint density at radius 1 is 1.03 bits per heavy atom. The molecule has 2 aromatic carbocycles. The molecule has 0 unspecified atom stereocenters. The number of hydrogen-bond acceptors (Lipinski definition) is 6. The van der Waals surface area contributed by atoms with E-state index in [4.69, 9.17) is 0 Å². The highest BCUT2D eigenvalue weighted by Crippen LogP contribution is 2.31. The lowest BCUT2D eigenvalue weighted by atomic mass is 10.2. The molecule has 0 bridgehead atoms. The van der Waals surface area contributed by atoms with Gasteiger partial charge in [0.05, 0.1) is 28.3 Å². The summed E-state index contributed by atoms with van der Waals surface area (Å²) in [5.41, 5.74) is 3.50. The Labute approximate surface area is 191 Å². The minimum Gasteiger partial charge on any atom is -0.284 e. The molecule has 2 aromatic heterocycles. The first-order chi connectivity index (χ1) is 15.4. The van der Waals surface area contributed by atoms with Crippen LogP contribution in [0.1, 0.15) is 23.1 Å². The molecular formula is C24H23N3O3S2. The predicted octanol–water partition coefficient (Wildman–Crippen LogP) is 4.54. The van der Waals surface area contributed by atoms with Crippen molar-refractivity contribution in [3.8, 4) is 0 Å². The lowest BCUT2D eigenvalue weighted by Gasteiger charge is -2.20. The Morgan fingerprint density at radius 3 is 2.56 bits per heavy atom. The van der Waals surface area contributed by atoms with Crippen molar-refractivity contribution in [2.24, 2.45) is 0 Å². The van der Waals surface area contributed by atoms with Gasteiger partial charge < -0.3 is 0 Å². The van der Waals surface area contributed by atoms with Crippen molar-refractivity contribution in [2.75, 3.05) is 10.7 Å². The summed E-state index contributed by atoms with van der Waals surface area (Å²) in [7, 11) is -3.43. The largest absolute Gasteiger partial charge is 0.284 e. The van der Waals surface area contributed by atoms with E-state index in [0.717, 1.165) is 21.3 Å². The minimum atomic E-state index is -3.43. The average molecular weight is 466 g/mol. The molecule has 1 amide bonds. The smallest absolute Gasteiger partial charge is 0.230 e. The molecule has 0 spiro atoms. The van der Waals surface area contributed by atoms with Crippen molar-refractivity contribution in [3.05, 3.63) is 89.7 Å². The number of aromatic nitrogens is 2. The highest BCUT2D eigenvalue weighted by Gasteiger charge is 2.23. The number of thiazole rings is 1. The Kier molecular flexibility index (Phi) is 6.62. The molecule has 4 aromatic rings. The zero-order chi connectivity index (χ0) is 22.6. The van der Waals surface area contributed by atoms with Crippen LogP contribution in [0.2, 0.25) is 0 Å². The summed E-state index contributed by atoms with van der Waals surface area (Å²) in [4.78, 5) is 23.5. The van der Waals surface area contributed by atoms with Gasteiger partial charge >= 0.3 is 0 Å². The summed E-state index contributed by atoms with van der Waals surface area (Å²) in [6, 6.07) is 18.6. The molecule has 32 heavy (non-hydrogen) atoms. The highest BCUT2D eigenvalue weighted by molar-refractivity contribution is 7.90. The van der Waals surface area contributed by atoms with Crippen LogP contribution in [0.4, 0.5) is 5.13 Å². The monoisotopic (exact) mass is 465 g/mol. The van der Waals surface area contributed by atoms with Crippen molar-refractivity contribution >= 4 is 42.4 Å². The number of hydrogen-bond donors (Lipinski definition) is 0. The van der Waals surface area contributed by atoms with Gasteiger partial charge in [-0.15, -0.1) is 0 Å². The standard InChI is InChI=1S/C24H23N3O3S2/c1-18-9-10-21-22(14-18)31-24(26-21)27(16-20-8-5-12-25-15-20)23(28)11-13-32(29,30)17-19-6-3-2-4-7-19/h2-10,12,14-15H,11,13,16-17H2,1H3. The summed E-state index contributed by atoms with van der Waals surface area (Å²) >= 11 is 1.43. The first-order valence-corrected chi connectivity index (χ1v) is 12.8. The summed E-state index contributed by atoms with van der Waals surface area (Å²) in [6.45, 7) is 2.29. The predicted molar refractivity (Wildman–Crippen MR) is 128 cm³/mol. The van der Waals surface area contributed by atoms with Crippen LogP contribution in [0.3, 0.4) is 0 Å². The van der Waals surface area contributed by atoms with Crippen LogP contribution in [0.15, 0.2) is 73.1 Å². The van der Waals surface area contributed by atoms with Crippen molar-refractivity contribution in [2.45, 2.75) is 25.6 Å². The average Bonchev–Trinajstić information content (AvgIpc) is 3.20. The van der Waals surface area contributed by atoms with E-state index in [1.54, 1.807) is 41.6 Å². The molecule has 0 saturated carbocycles. The van der Waals surface area contributed by atoms with Gasteiger partial charge in [-0.3, -0.25) is 14.7 Å². The second-order valence-corrected chi connectivity index (χ2v) is 10.8. The van der Waals surface area contributed by atoms with Gasteiger partial charge in [0, 0.05) is 18.8 Å². The molecule has 0 aliphatic heterocycles. The van der Waals surface area contributed by atoms with Crippen LogP contribution < -0.4 is 4.90 Å². The van der Waals surface area contributed by atoms with Crippen LogP contribution in [0.5, 0.6) is 0 Å². The Morgan fingerprint density at radius 2 is 1.81 bits per heavy atom. The SMILES string of the molecule is Cc1ccc2nc(N(Cc3cccnc3)C(=O)CCS(=O)(=O)Cc3ccccc3)sc2c1. The summed E-state index contributed by atoms with van der Waals surface area (Å²) in [5.74, 6) is -0.570. The molecule has 0 N–H and O–H groups in total. The summed E-state index contributed by atoms with van der Waals surface area (Å²) < 4.78 is 26.2. The molecule has 0 radical (unpaired) electrons. The zero-order valence-corrected chi connectivity index (χ0v) is 19.3. The van der Waals surface area contributed by atoms with E-state index in [9.17, 15) is 13.2 Å². The van der Waals surface area contributed by atoms with E-state index >= 15 is 0 Å². The molecule has 8 heteroatoms. The van der Waals surface area contributed by atoms with Gasteiger partial charge in [-0.05, 0) is 41.8 Å². The number of nitrogens with zero attached hydrogens (tertiary/aromatic N) is 3. The third-order valence-corrected chi connectivity index (χ3v) is 7.62. The quantitative estimate of drug-likeness (QED) is 0.382. The number of carbonyl (C=O) groups is 1. The van der Waals surface area contributed by atoms with Crippen molar-refractivity contribution in [1.82, 2.24) is 9.97 Å². The van der Waals surface area contributed by atoms with E-state index in [1.165, 1.54) is 11.3 Å². The van der Waals surface area contributed by atoms with Crippen LogP contribution in [0.25, 0.3) is 10.2 Å². The fourth-order valence-electron chi connectivity index (χ4n) is 3.35. The van der Waals surface area contributed by atoms with Crippen LogP contribution in [-0.2, 0) is 26.9 Å². The fourth-order valence-corrected chi connectivity index (χ4v) is 5.76. The molecular weight excluding hydrogens is 442 g/mol. The molecule has 2 heterocycles. The topological polar surface area (TPSA) is 80.2 Å². The maximum Gasteiger partial charge on any atom is 0.230 e. The molecule has 4 rings (SSSR count). The van der Waals surface area contributed by atoms with Gasteiger partial charge in [-0.1, -0.05) is 53.8 Å². The Balaban J connectivity index is 1.55. The van der Waals surface area contributed by atoms with E-state index in [1.807, 2.05) is 43.3 Å². The third-order valence-electron chi connectivity index (χ3n) is 4.98. The minimum absolute atomic E-state index is 0.0792. The Bertz CT molecular complexity index is 1320. The first kappa shape index (κ1) is 22.1. The number of amides is 1. The maximum absolute atomic E-state index is 13.2. The second kappa shape index (κ2) is 9.58. The van der Waals surface area contributed by atoms with Crippen molar-refractivity contribution in [1.29, 1.82) is 0 Å². The van der Waals surface area contributed by atoms with E-state index in [2.05, 4.69) is 9.97 Å². The van der Waals surface area contributed by atoms with Crippen molar-refractivity contribution in [3.63, 3.8) is 0 Å². The van der Waals surface area contributed by atoms with Crippen LogP contribution in [-0.4, -0.2) is 30.0 Å². The molecule has 0 saturated heterocycles. The van der Waals surface area contributed by atoms with E-state index in [-0.39, 0.29) is 30.4 Å². The summed E-state index contributed by atoms with van der Waals surface area (Å²) in [6.07, 6.45) is 3.26. The fraction of sp³-hybridized carbons (Fsp3) is 0.208. The van der Waals surface area contributed by atoms with Gasteiger partial charge in [0.1, 0.15) is 0 Å². The number of carbonyl (C=O) groups excluding carboxylic acids is 1. The maximum atomic E-state index is 13.2. The molecule has 164 valence electrons. The molecule has 0 aliphatic carbocycles. The second-order valence-electron chi connectivity index (χ2n) is 7.64. The lowest BCUT2D eigenvalue weighted by Crippen LogP contribution is -2.32. The number of rotatable bonds is 8. The zero-order valence-electron chi connectivity index (χ0n) is 17.6. The number of benzene rings is 2. The van der Waals surface area contributed by atoms with Gasteiger partial charge in [0.15, 0.2) is 15.0 Å². The van der Waals surface area contributed by atoms with Gasteiger partial charge in [0.2, 0.25) is 5.91 Å². The number of anilines is 1. The highest BCUT2D eigenvalue weighted by atomic mass is 32.2. The third kappa shape index (κ3) is 5.57. The Hall–Kier alpha value is -3.10. The van der Waals surface area contributed by atoms with Gasteiger partial charge in [0.25, 0.3) is 0 Å². The van der Waals surface area contributed by atoms with Gasteiger partial charge in [-0.25, -0.2) is 13.4 Å². The molecule has 0 atom stereocenters. The normalized spacial score (nSPS) is 11.5. The van der Waals surface area contributed by atoms with Crippen molar-refractivity contribution < 1.29 is 13.2 Å². The lowest BCUT2D eigenvalue weighted by molar-refractivity contribution is -0.118. The molecule has 0 fully saturated rings. The van der Waals surface area contributed by atoms with Crippen LogP contribution >= 0.6 is 11.3 Å². The van der Waals surface area contributed by atoms with Gasteiger partial charge in [-0.2, -0.15) is 0 Å². The number of fused-ring (bicyclic) bond motifs is 1. The summed E-state index contributed by atoms with van der Waals surface area (Å²) in [5, 5.41) is 0.555. The number of pyridine rings is 1. The van der Waals surface area contributed by atoms with E-state index in [0.29, 0.717) is 10.7 Å².